The number of benzene rings is 1. The van der Waals surface area contributed by atoms with E-state index >= 15 is 0 Å². The summed E-state index contributed by atoms with van der Waals surface area (Å²) in [5.74, 6) is -1.66. The number of aromatic nitrogens is 1. The van der Waals surface area contributed by atoms with E-state index in [1.54, 1.807) is 0 Å². The van der Waals surface area contributed by atoms with Crippen LogP contribution < -0.4 is 15.5 Å². The number of para-hydroxylation sites is 1. The predicted octanol–water partition coefficient (Wildman–Crippen LogP) is 5.46. The summed E-state index contributed by atoms with van der Waals surface area (Å²) in [5, 5.41) is 4.15. The normalized spacial score (nSPS) is 10.8. The molecule has 0 saturated carbocycles. The summed E-state index contributed by atoms with van der Waals surface area (Å²) in [6, 6.07) is 5.81. The number of urea groups is 1. The molecule has 9 heteroatoms. The fraction of sp³-hybridized carbons (Fsp3) is 0.350. The number of anilines is 2. The van der Waals surface area contributed by atoms with Gasteiger partial charge in [0.25, 0.3) is 5.91 Å². The van der Waals surface area contributed by atoms with E-state index in [0.717, 1.165) is 30.3 Å². The molecule has 0 saturated heterocycles. The zero-order valence-electron chi connectivity index (χ0n) is 16.6. The van der Waals surface area contributed by atoms with Gasteiger partial charge in [0, 0.05) is 13.6 Å². The molecule has 0 spiro atoms. The smallest absolute Gasteiger partial charge is 0.326 e. The van der Waals surface area contributed by atoms with Gasteiger partial charge >= 0.3 is 6.03 Å². The molecule has 0 unspecified atom stereocenters. The van der Waals surface area contributed by atoms with Crippen molar-refractivity contribution in [2.24, 2.45) is 0 Å². The molecule has 3 amide bonds. The van der Waals surface area contributed by atoms with Crippen LogP contribution in [0.15, 0.2) is 24.3 Å². The average Bonchev–Trinajstić information content (AvgIpc) is 2.64. The highest BCUT2D eigenvalue weighted by Crippen LogP contribution is 2.33. The van der Waals surface area contributed by atoms with E-state index < -0.39 is 22.9 Å². The van der Waals surface area contributed by atoms with Gasteiger partial charge in [-0.05, 0) is 30.0 Å². The highest BCUT2D eigenvalue weighted by atomic mass is 35.5. The van der Waals surface area contributed by atoms with E-state index in [-0.39, 0.29) is 16.6 Å². The summed E-state index contributed by atoms with van der Waals surface area (Å²) in [6.45, 7) is 6.87. The Kier molecular flexibility index (Phi) is 7.81. The predicted molar refractivity (Wildman–Crippen MR) is 115 cm³/mol. The van der Waals surface area contributed by atoms with Gasteiger partial charge in [-0.15, -0.1) is 0 Å². The number of amides is 3. The zero-order valence-corrected chi connectivity index (χ0v) is 18.2. The first-order valence-corrected chi connectivity index (χ1v) is 9.89. The van der Waals surface area contributed by atoms with Crippen molar-refractivity contribution in [3.8, 4) is 0 Å². The molecule has 156 valence electrons. The Morgan fingerprint density at radius 2 is 1.93 bits per heavy atom. The lowest BCUT2D eigenvalue weighted by atomic mass is 9.99. The van der Waals surface area contributed by atoms with Gasteiger partial charge in [0.15, 0.2) is 11.0 Å². The minimum absolute atomic E-state index is 0.139. The number of imide groups is 1. The van der Waals surface area contributed by atoms with Crippen LogP contribution in [-0.4, -0.2) is 30.5 Å². The number of halogens is 3. The molecule has 0 fully saturated rings. The lowest BCUT2D eigenvalue weighted by Crippen LogP contribution is -2.35. The SMILES string of the molecule is CCCN(C)c1cccc(C(C)C)c1NC(=O)NC(=O)c1cc(F)c(Cl)nc1Cl. The number of nitrogens with zero attached hydrogens (tertiary/aromatic N) is 2. The van der Waals surface area contributed by atoms with Crippen molar-refractivity contribution < 1.29 is 14.0 Å². The Hall–Kier alpha value is -2.38. The second kappa shape index (κ2) is 9.89. The topological polar surface area (TPSA) is 74.3 Å². The zero-order chi connectivity index (χ0) is 21.7. The molecule has 1 heterocycles. The Bertz CT molecular complexity index is 922. The molecule has 0 aliphatic carbocycles. The molecule has 0 aliphatic heterocycles. The Morgan fingerprint density at radius 1 is 1.24 bits per heavy atom. The van der Waals surface area contributed by atoms with Crippen LogP contribution in [0.1, 0.15) is 49.0 Å². The van der Waals surface area contributed by atoms with Crippen molar-refractivity contribution in [1.82, 2.24) is 10.3 Å². The number of nitrogens with one attached hydrogen (secondary N) is 2. The van der Waals surface area contributed by atoms with Gasteiger partial charge in [0.1, 0.15) is 5.15 Å². The summed E-state index contributed by atoms with van der Waals surface area (Å²) in [7, 11) is 1.93. The molecule has 0 atom stereocenters. The first kappa shape index (κ1) is 22.9. The second-order valence-electron chi connectivity index (χ2n) is 6.83. The van der Waals surface area contributed by atoms with Crippen LogP contribution in [0.25, 0.3) is 0 Å². The number of pyridine rings is 1. The maximum atomic E-state index is 13.6. The van der Waals surface area contributed by atoms with E-state index in [9.17, 15) is 14.0 Å². The maximum Gasteiger partial charge on any atom is 0.326 e. The molecule has 2 rings (SSSR count). The first-order valence-electron chi connectivity index (χ1n) is 9.13. The van der Waals surface area contributed by atoms with Crippen molar-refractivity contribution in [2.45, 2.75) is 33.1 Å². The monoisotopic (exact) mass is 440 g/mol. The lowest BCUT2D eigenvalue weighted by Gasteiger charge is -2.25. The van der Waals surface area contributed by atoms with Gasteiger partial charge in [0.2, 0.25) is 0 Å². The molecular formula is C20H23Cl2FN4O2. The van der Waals surface area contributed by atoms with Gasteiger partial charge in [-0.3, -0.25) is 10.1 Å². The van der Waals surface area contributed by atoms with Gasteiger partial charge in [-0.1, -0.05) is 56.1 Å². The fourth-order valence-corrected chi connectivity index (χ4v) is 3.28. The van der Waals surface area contributed by atoms with Crippen LogP contribution in [0.5, 0.6) is 0 Å². The Balaban J connectivity index is 2.28. The molecule has 29 heavy (non-hydrogen) atoms. The van der Waals surface area contributed by atoms with Crippen molar-refractivity contribution in [2.75, 3.05) is 23.8 Å². The number of carbonyl (C=O) groups excluding carboxylic acids is 2. The third-order valence-electron chi connectivity index (χ3n) is 4.26. The van der Waals surface area contributed by atoms with E-state index in [1.165, 1.54) is 0 Å². The van der Waals surface area contributed by atoms with Gasteiger partial charge < -0.3 is 10.2 Å². The standard InChI is InChI=1S/C20H23Cl2FN4O2/c1-5-9-27(4)15-8-6-7-12(11(2)3)16(15)24-20(29)26-19(28)13-10-14(23)18(22)25-17(13)21/h6-8,10-11H,5,9H2,1-4H3,(H2,24,26,28,29). The van der Waals surface area contributed by atoms with Gasteiger partial charge in [0.05, 0.1) is 16.9 Å². The van der Waals surface area contributed by atoms with Gasteiger partial charge in [-0.2, -0.15) is 0 Å². The second-order valence-corrected chi connectivity index (χ2v) is 7.54. The molecule has 1 aromatic carbocycles. The van der Waals surface area contributed by atoms with E-state index in [4.69, 9.17) is 23.2 Å². The van der Waals surface area contributed by atoms with E-state index in [2.05, 4.69) is 22.5 Å². The van der Waals surface area contributed by atoms with Crippen LogP contribution in [-0.2, 0) is 0 Å². The summed E-state index contributed by atoms with van der Waals surface area (Å²) in [5.41, 5.74) is 2.07. The molecular weight excluding hydrogens is 418 g/mol. The van der Waals surface area contributed by atoms with Gasteiger partial charge in [-0.25, -0.2) is 14.2 Å². The number of hydrogen-bond donors (Lipinski definition) is 2. The quantitative estimate of drug-likeness (QED) is 0.584. The van der Waals surface area contributed by atoms with Crippen LogP contribution in [0.3, 0.4) is 0 Å². The van der Waals surface area contributed by atoms with Crippen molar-refractivity contribution in [3.63, 3.8) is 0 Å². The maximum absolute atomic E-state index is 13.6. The van der Waals surface area contributed by atoms with Crippen LogP contribution in [0, 0.1) is 5.82 Å². The summed E-state index contributed by atoms with van der Waals surface area (Å²) in [4.78, 5) is 30.4. The third kappa shape index (κ3) is 5.58. The molecule has 0 radical (unpaired) electrons. The molecule has 6 nitrogen and oxygen atoms in total. The number of hydrogen-bond acceptors (Lipinski definition) is 4. The molecule has 0 bridgehead atoms. The number of rotatable bonds is 6. The van der Waals surface area contributed by atoms with Crippen LogP contribution in [0.2, 0.25) is 10.3 Å². The van der Waals surface area contributed by atoms with E-state index in [0.29, 0.717) is 5.69 Å². The first-order chi connectivity index (χ1) is 13.6. The summed E-state index contributed by atoms with van der Waals surface area (Å²) >= 11 is 11.4. The molecule has 1 aromatic heterocycles. The lowest BCUT2D eigenvalue weighted by molar-refractivity contribution is 0.0966. The van der Waals surface area contributed by atoms with Crippen LogP contribution in [0.4, 0.5) is 20.6 Å². The highest BCUT2D eigenvalue weighted by molar-refractivity contribution is 6.35. The molecule has 2 aromatic rings. The number of carbonyl (C=O) groups is 2. The van der Waals surface area contributed by atoms with Crippen molar-refractivity contribution in [1.29, 1.82) is 0 Å². The minimum Gasteiger partial charge on any atom is -0.373 e. The summed E-state index contributed by atoms with van der Waals surface area (Å²) in [6.07, 6.45) is 0.931. The van der Waals surface area contributed by atoms with Crippen molar-refractivity contribution >= 4 is 46.5 Å². The Labute approximate surface area is 179 Å². The Morgan fingerprint density at radius 3 is 2.55 bits per heavy atom. The summed E-state index contributed by atoms with van der Waals surface area (Å²) < 4.78 is 13.6. The largest absolute Gasteiger partial charge is 0.373 e. The molecule has 2 N–H and O–H groups in total. The fourth-order valence-electron chi connectivity index (χ4n) is 2.87. The van der Waals surface area contributed by atoms with Crippen LogP contribution >= 0.6 is 23.2 Å². The van der Waals surface area contributed by atoms with E-state index in [1.807, 2.05) is 44.0 Å². The highest BCUT2D eigenvalue weighted by Gasteiger charge is 2.20. The van der Waals surface area contributed by atoms with Crippen molar-refractivity contribution in [3.05, 3.63) is 51.5 Å². The third-order valence-corrected chi connectivity index (χ3v) is 4.82. The minimum atomic E-state index is -0.907. The average molecular weight is 441 g/mol. The molecule has 0 aliphatic rings.